The number of carbonyl (C=O) groups is 1. The Labute approximate surface area is 163 Å². The van der Waals surface area contributed by atoms with Crippen LogP contribution < -0.4 is 0 Å². The number of thioether (sulfide) groups is 1. The molecule has 1 unspecified atom stereocenters. The lowest BCUT2D eigenvalue weighted by Gasteiger charge is -2.33. The van der Waals surface area contributed by atoms with Gasteiger partial charge in [0.1, 0.15) is 0 Å². The van der Waals surface area contributed by atoms with Gasteiger partial charge in [-0.3, -0.25) is 0 Å². The molecule has 1 atom stereocenters. The Morgan fingerprint density at radius 1 is 1.15 bits per heavy atom. The molecule has 0 aliphatic carbocycles. The van der Waals surface area contributed by atoms with Crippen LogP contribution in [0.5, 0.6) is 0 Å². The van der Waals surface area contributed by atoms with E-state index in [0.29, 0.717) is 5.56 Å². The van der Waals surface area contributed by atoms with Gasteiger partial charge in [0, 0.05) is 18.4 Å². The number of hydrogen-bond acceptors (Lipinski definition) is 4. The van der Waals surface area contributed by atoms with E-state index in [0.717, 1.165) is 32.1 Å². The molecule has 7 heteroatoms. The predicted molar refractivity (Wildman–Crippen MR) is 108 cm³/mol. The topological polar surface area (TPSA) is 74.7 Å². The summed E-state index contributed by atoms with van der Waals surface area (Å²) in [6.07, 6.45) is 1.89. The summed E-state index contributed by atoms with van der Waals surface area (Å²) in [5.74, 6) is -1.18. The molecule has 142 valence electrons. The zero-order chi connectivity index (χ0) is 19.8. The molecule has 1 aliphatic rings. The fourth-order valence-electron chi connectivity index (χ4n) is 3.16. The molecule has 0 amide bonds. The largest absolute Gasteiger partial charge is 0.479 e. The number of likely N-dealkylation sites (N-methyl/N-ethyl adjacent to an activating group) is 1. The minimum absolute atomic E-state index is 0.0951. The number of aryl methyl sites for hydroxylation is 2. The first-order valence-electron chi connectivity index (χ1n) is 8.43. The highest BCUT2D eigenvalue weighted by atomic mass is 32.2. The Bertz CT molecular complexity index is 1020. The molecule has 1 N–H and O–H groups in total. The van der Waals surface area contributed by atoms with E-state index in [1.54, 1.807) is 25.1 Å². The summed E-state index contributed by atoms with van der Waals surface area (Å²) in [4.78, 5) is 11.5. The highest BCUT2D eigenvalue weighted by molar-refractivity contribution is 8.11. The van der Waals surface area contributed by atoms with Crippen LogP contribution in [-0.2, 0) is 14.8 Å². The molecule has 1 aliphatic heterocycles. The Kier molecular flexibility index (Phi) is 5.20. The Morgan fingerprint density at radius 3 is 2.41 bits per heavy atom. The van der Waals surface area contributed by atoms with Gasteiger partial charge in [-0.2, -0.15) is 4.31 Å². The van der Waals surface area contributed by atoms with E-state index in [4.69, 9.17) is 0 Å². The van der Waals surface area contributed by atoms with Crippen LogP contribution >= 0.6 is 11.8 Å². The van der Waals surface area contributed by atoms with Crippen molar-refractivity contribution in [1.29, 1.82) is 0 Å². The maximum absolute atomic E-state index is 13.2. The van der Waals surface area contributed by atoms with Gasteiger partial charge in [0.25, 0.3) is 0 Å². The Balaban J connectivity index is 2.00. The van der Waals surface area contributed by atoms with Crippen LogP contribution in [0.2, 0.25) is 0 Å². The third-order valence-corrected chi connectivity index (χ3v) is 8.45. The molecule has 0 spiro atoms. The molecule has 0 saturated carbocycles. The molecule has 0 aromatic heterocycles. The molecule has 3 rings (SSSR count). The third-order valence-electron chi connectivity index (χ3n) is 4.71. The van der Waals surface area contributed by atoms with Crippen molar-refractivity contribution in [1.82, 2.24) is 4.31 Å². The first-order valence-corrected chi connectivity index (χ1v) is 10.7. The average Bonchev–Trinajstić information content (AvgIpc) is 3.08. The monoisotopic (exact) mass is 403 g/mol. The number of nitrogens with zero attached hydrogens (tertiary/aromatic N) is 1. The van der Waals surface area contributed by atoms with E-state index in [2.05, 4.69) is 0 Å². The van der Waals surface area contributed by atoms with Gasteiger partial charge in [0.2, 0.25) is 10.0 Å². The van der Waals surface area contributed by atoms with E-state index in [1.165, 1.54) is 13.1 Å². The standard InChI is InChI=1S/C20H21NO4S2/c1-14-9-10-18(15(2)13-14)27(24,25)21(3)20(19(22)23)12-11-17(26-20)16-7-5-4-6-8-16/h4-11,13H,12H2,1-3H3,(H,22,23). The molecular formula is C20H21NO4S2. The number of benzene rings is 2. The molecule has 0 saturated heterocycles. The average molecular weight is 404 g/mol. The summed E-state index contributed by atoms with van der Waals surface area (Å²) < 4.78 is 27.5. The summed E-state index contributed by atoms with van der Waals surface area (Å²) in [5.41, 5.74) is 2.43. The number of sulfonamides is 1. The zero-order valence-electron chi connectivity index (χ0n) is 15.3. The first-order chi connectivity index (χ1) is 12.7. The summed E-state index contributed by atoms with van der Waals surface area (Å²) in [7, 11) is -2.64. The van der Waals surface area contributed by atoms with Crippen LogP contribution in [0.15, 0.2) is 59.5 Å². The van der Waals surface area contributed by atoms with Crippen molar-refractivity contribution in [2.45, 2.75) is 30.0 Å². The van der Waals surface area contributed by atoms with Crippen molar-refractivity contribution in [3.05, 3.63) is 71.3 Å². The number of carboxylic acids is 1. The summed E-state index contributed by atoms with van der Waals surface area (Å²) >= 11 is 1.07. The fourth-order valence-corrected chi connectivity index (χ4v) is 6.28. The maximum Gasteiger partial charge on any atom is 0.336 e. The van der Waals surface area contributed by atoms with Crippen LogP contribution in [0.25, 0.3) is 4.91 Å². The van der Waals surface area contributed by atoms with Gasteiger partial charge in [0.05, 0.1) is 4.90 Å². The number of hydrogen-bond donors (Lipinski definition) is 1. The number of aliphatic carboxylic acids is 1. The lowest BCUT2D eigenvalue weighted by Crippen LogP contribution is -2.51. The van der Waals surface area contributed by atoms with Crippen LogP contribution in [0.4, 0.5) is 0 Å². The lowest BCUT2D eigenvalue weighted by atomic mass is 10.1. The molecular weight excluding hydrogens is 382 g/mol. The van der Waals surface area contributed by atoms with Crippen molar-refractivity contribution in [3.8, 4) is 0 Å². The second-order valence-corrected chi connectivity index (χ2v) is 9.83. The van der Waals surface area contributed by atoms with Gasteiger partial charge >= 0.3 is 5.97 Å². The van der Waals surface area contributed by atoms with Gasteiger partial charge in [-0.25, -0.2) is 13.2 Å². The second-order valence-electron chi connectivity index (χ2n) is 6.57. The van der Waals surface area contributed by atoms with Gasteiger partial charge in [-0.1, -0.05) is 65.9 Å². The van der Waals surface area contributed by atoms with E-state index < -0.39 is 20.9 Å². The van der Waals surface area contributed by atoms with Gasteiger partial charge in [-0.05, 0) is 31.0 Å². The molecule has 2 aromatic rings. The summed E-state index contributed by atoms with van der Waals surface area (Å²) in [6.45, 7) is 3.60. The Morgan fingerprint density at radius 2 is 1.81 bits per heavy atom. The second kappa shape index (κ2) is 7.14. The van der Waals surface area contributed by atoms with Crippen molar-refractivity contribution in [2.75, 3.05) is 7.05 Å². The van der Waals surface area contributed by atoms with Crippen LogP contribution in [0, 0.1) is 13.8 Å². The first kappa shape index (κ1) is 19.7. The minimum atomic E-state index is -3.98. The third kappa shape index (κ3) is 3.42. The minimum Gasteiger partial charge on any atom is -0.479 e. The highest BCUT2D eigenvalue weighted by Crippen LogP contribution is 2.50. The normalized spacial score (nSPS) is 19.9. The lowest BCUT2D eigenvalue weighted by molar-refractivity contribution is -0.142. The quantitative estimate of drug-likeness (QED) is 0.820. The van der Waals surface area contributed by atoms with E-state index in [9.17, 15) is 18.3 Å². The summed E-state index contributed by atoms with van der Waals surface area (Å²) in [5, 5.41) is 9.96. The van der Waals surface area contributed by atoms with Gasteiger partial charge in [-0.15, -0.1) is 0 Å². The molecule has 0 fully saturated rings. The molecule has 2 aromatic carbocycles. The van der Waals surface area contributed by atoms with E-state index >= 15 is 0 Å². The van der Waals surface area contributed by atoms with Crippen LogP contribution in [-0.4, -0.2) is 35.7 Å². The van der Waals surface area contributed by atoms with Crippen molar-refractivity contribution >= 4 is 32.7 Å². The van der Waals surface area contributed by atoms with Crippen molar-refractivity contribution in [2.24, 2.45) is 0 Å². The SMILES string of the molecule is Cc1ccc(S(=O)(=O)N(C)C2(C(=O)O)CC=C(c3ccccc3)S2)c(C)c1. The van der Waals surface area contributed by atoms with Crippen LogP contribution in [0.3, 0.4) is 0 Å². The smallest absolute Gasteiger partial charge is 0.336 e. The van der Waals surface area contributed by atoms with E-state index in [1.807, 2.05) is 37.3 Å². The van der Waals surface area contributed by atoms with Gasteiger partial charge in [0.15, 0.2) is 4.87 Å². The molecule has 27 heavy (non-hydrogen) atoms. The molecule has 0 radical (unpaired) electrons. The van der Waals surface area contributed by atoms with Crippen LogP contribution in [0.1, 0.15) is 23.1 Å². The predicted octanol–water partition coefficient (Wildman–Crippen LogP) is 3.88. The molecule has 0 bridgehead atoms. The van der Waals surface area contributed by atoms with Crippen molar-refractivity contribution in [3.63, 3.8) is 0 Å². The number of carboxylic acid groups (broad SMARTS) is 1. The zero-order valence-corrected chi connectivity index (χ0v) is 17.0. The maximum atomic E-state index is 13.2. The van der Waals surface area contributed by atoms with E-state index in [-0.39, 0.29) is 11.3 Å². The van der Waals surface area contributed by atoms with Crippen molar-refractivity contribution < 1.29 is 18.3 Å². The van der Waals surface area contributed by atoms with Gasteiger partial charge < -0.3 is 5.11 Å². The molecule has 5 nitrogen and oxygen atoms in total. The number of rotatable bonds is 5. The summed E-state index contributed by atoms with van der Waals surface area (Å²) in [6, 6.07) is 14.4. The Hall–Kier alpha value is -2.09. The fraction of sp³-hybridized carbons (Fsp3) is 0.250. The molecule has 1 heterocycles. The highest BCUT2D eigenvalue weighted by Gasteiger charge is 2.51.